The fraction of sp³-hybridized carbons (Fsp3) is 0.611. The molecule has 1 amide bonds. The number of piperidine rings is 1. The predicted octanol–water partition coefficient (Wildman–Crippen LogP) is 4.18. The SMILES string of the molecule is CC(C)(C)OC(=O)N1CC[C@@H](c2ccc(F)c(C(F)(F)F)c2)[C@H](CO)C1. The van der Waals surface area contributed by atoms with Gasteiger partial charge in [0.05, 0.1) is 5.56 Å². The minimum absolute atomic E-state index is 0.162. The first-order valence-corrected chi connectivity index (χ1v) is 8.38. The van der Waals surface area contributed by atoms with Crippen LogP contribution in [0.5, 0.6) is 0 Å². The second kappa shape index (κ2) is 7.42. The third kappa shape index (κ3) is 4.87. The van der Waals surface area contributed by atoms with Gasteiger partial charge in [-0.15, -0.1) is 0 Å². The van der Waals surface area contributed by atoms with Crippen molar-refractivity contribution in [1.29, 1.82) is 0 Å². The number of halogens is 4. The summed E-state index contributed by atoms with van der Waals surface area (Å²) in [5.74, 6) is -2.18. The number of aliphatic hydroxyl groups is 1. The number of benzene rings is 1. The van der Waals surface area contributed by atoms with Gasteiger partial charge in [-0.3, -0.25) is 0 Å². The van der Waals surface area contributed by atoms with E-state index >= 15 is 0 Å². The number of alkyl halides is 3. The van der Waals surface area contributed by atoms with Gasteiger partial charge in [0.25, 0.3) is 0 Å². The molecule has 1 N–H and O–H groups in total. The van der Waals surface area contributed by atoms with E-state index in [0.717, 1.165) is 12.1 Å². The van der Waals surface area contributed by atoms with Crippen LogP contribution in [0.2, 0.25) is 0 Å². The molecule has 0 unspecified atom stereocenters. The maximum Gasteiger partial charge on any atom is 0.419 e. The molecule has 1 aromatic carbocycles. The summed E-state index contributed by atoms with van der Waals surface area (Å²) in [5.41, 5.74) is -1.68. The van der Waals surface area contributed by atoms with Gasteiger partial charge in [-0.2, -0.15) is 13.2 Å². The molecule has 0 radical (unpaired) electrons. The molecule has 1 heterocycles. The van der Waals surface area contributed by atoms with Crippen LogP contribution in [0.25, 0.3) is 0 Å². The highest BCUT2D eigenvalue weighted by atomic mass is 19.4. The van der Waals surface area contributed by atoms with Crippen LogP contribution in [0.1, 0.15) is 44.2 Å². The number of hydrogen-bond acceptors (Lipinski definition) is 3. The Labute approximate surface area is 149 Å². The Morgan fingerprint density at radius 2 is 1.96 bits per heavy atom. The molecule has 0 bridgehead atoms. The standard InChI is InChI=1S/C18H23F4NO3/c1-17(2,3)26-16(25)23-7-6-13(12(9-23)10-24)11-4-5-15(19)14(8-11)18(20,21)22/h4-5,8,12-13,24H,6-7,9-10H2,1-3H3/t12-,13-/m0/s1. The monoisotopic (exact) mass is 377 g/mol. The quantitative estimate of drug-likeness (QED) is 0.787. The van der Waals surface area contributed by atoms with Gasteiger partial charge >= 0.3 is 12.3 Å². The molecule has 4 nitrogen and oxygen atoms in total. The number of likely N-dealkylation sites (tertiary alicyclic amines) is 1. The zero-order valence-electron chi connectivity index (χ0n) is 14.9. The zero-order chi connectivity index (χ0) is 19.7. The number of nitrogens with zero attached hydrogens (tertiary/aromatic N) is 1. The molecular formula is C18H23F4NO3. The molecule has 26 heavy (non-hydrogen) atoms. The number of carbonyl (C=O) groups excluding carboxylic acids is 1. The molecule has 0 spiro atoms. The molecule has 0 aromatic heterocycles. The Hall–Kier alpha value is -1.83. The Bertz CT molecular complexity index is 655. The van der Waals surface area contributed by atoms with Crippen molar-refractivity contribution in [1.82, 2.24) is 4.90 Å². The summed E-state index contributed by atoms with van der Waals surface area (Å²) < 4.78 is 57.6. The summed E-state index contributed by atoms with van der Waals surface area (Å²) in [7, 11) is 0. The fourth-order valence-corrected chi connectivity index (χ4v) is 3.14. The molecule has 0 aliphatic carbocycles. The number of carbonyl (C=O) groups is 1. The summed E-state index contributed by atoms with van der Waals surface area (Å²) in [5, 5.41) is 9.66. The molecule has 1 fully saturated rings. The molecule has 2 rings (SSSR count). The van der Waals surface area contributed by atoms with E-state index in [1.807, 2.05) is 0 Å². The van der Waals surface area contributed by atoms with Crippen molar-refractivity contribution in [2.24, 2.45) is 5.92 Å². The smallest absolute Gasteiger partial charge is 0.419 e. The van der Waals surface area contributed by atoms with E-state index in [-0.39, 0.29) is 19.7 Å². The normalized spacial score (nSPS) is 21.6. The maximum absolute atomic E-state index is 13.5. The number of rotatable bonds is 2. The second-order valence-corrected chi connectivity index (χ2v) is 7.50. The lowest BCUT2D eigenvalue weighted by molar-refractivity contribution is -0.140. The third-order valence-electron chi connectivity index (χ3n) is 4.34. The van der Waals surface area contributed by atoms with Crippen LogP contribution in [0, 0.1) is 11.7 Å². The molecule has 1 saturated heterocycles. The number of amides is 1. The Kier molecular flexibility index (Phi) is 5.85. The van der Waals surface area contributed by atoms with Gasteiger partial charge in [0.15, 0.2) is 0 Å². The molecule has 1 aliphatic heterocycles. The van der Waals surface area contributed by atoms with Gasteiger partial charge in [0.2, 0.25) is 0 Å². The van der Waals surface area contributed by atoms with Crippen molar-refractivity contribution < 1.29 is 32.2 Å². The first-order valence-electron chi connectivity index (χ1n) is 8.38. The van der Waals surface area contributed by atoms with Crippen LogP contribution in [0.15, 0.2) is 18.2 Å². The molecule has 1 aliphatic rings. The summed E-state index contributed by atoms with van der Waals surface area (Å²) in [6.45, 7) is 5.35. The predicted molar refractivity (Wildman–Crippen MR) is 87.1 cm³/mol. The lowest BCUT2D eigenvalue weighted by atomic mass is 9.80. The lowest BCUT2D eigenvalue weighted by Gasteiger charge is -2.38. The molecule has 146 valence electrons. The van der Waals surface area contributed by atoms with E-state index in [2.05, 4.69) is 0 Å². The molecular weight excluding hydrogens is 354 g/mol. The highest BCUT2D eigenvalue weighted by molar-refractivity contribution is 5.68. The summed E-state index contributed by atoms with van der Waals surface area (Å²) >= 11 is 0. The Balaban J connectivity index is 2.19. The van der Waals surface area contributed by atoms with Crippen LogP contribution < -0.4 is 0 Å². The third-order valence-corrected chi connectivity index (χ3v) is 4.34. The first-order chi connectivity index (χ1) is 11.9. The molecule has 8 heteroatoms. The van der Waals surface area contributed by atoms with Crippen molar-refractivity contribution in [3.8, 4) is 0 Å². The van der Waals surface area contributed by atoms with Crippen LogP contribution in [-0.4, -0.2) is 41.4 Å². The Morgan fingerprint density at radius 3 is 2.50 bits per heavy atom. The Morgan fingerprint density at radius 1 is 1.31 bits per heavy atom. The highest BCUT2D eigenvalue weighted by Crippen LogP contribution is 2.38. The van der Waals surface area contributed by atoms with E-state index < -0.39 is 41.1 Å². The molecule has 2 atom stereocenters. The average molecular weight is 377 g/mol. The van der Waals surface area contributed by atoms with E-state index in [1.165, 1.54) is 11.0 Å². The maximum atomic E-state index is 13.5. The molecule has 0 saturated carbocycles. The highest BCUT2D eigenvalue weighted by Gasteiger charge is 2.37. The summed E-state index contributed by atoms with van der Waals surface area (Å²) in [6.07, 6.45) is -4.95. The van der Waals surface area contributed by atoms with Crippen LogP contribution >= 0.6 is 0 Å². The van der Waals surface area contributed by atoms with Crippen molar-refractivity contribution >= 4 is 6.09 Å². The van der Waals surface area contributed by atoms with Gasteiger partial charge in [-0.25, -0.2) is 9.18 Å². The van der Waals surface area contributed by atoms with Gasteiger partial charge in [-0.05, 0) is 50.8 Å². The topological polar surface area (TPSA) is 49.8 Å². The number of hydrogen-bond donors (Lipinski definition) is 1. The van der Waals surface area contributed by atoms with Gasteiger partial charge in [-0.1, -0.05) is 6.07 Å². The minimum atomic E-state index is -4.79. The largest absolute Gasteiger partial charge is 0.444 e. The van der Waals surface area contributed by atoms with E-state index in [0.29, 0.717) is 12.0 Å². The summed E-state index contributed by atoms with van der Waals surface area (Å²) in [4.78, 5) is 13.6. The van der Waals surface area contributed by atoms with Crippen LogP contribution in [0.3, 0.4) is 0 Å². The van der Waals surface area contributed by atoms with Crippen LogP contribution in [0.4, 0.5) is 22.4 Å². The minimum Gasteiger partial charge on any atom is -0.444 e. The van der Waals surface area contributed by atoms with Crippen molar-refractivity contribution in [3.05, 3.63) is 35.1 Å². The van der Waals surface area contributed by atoms with Gasteiger partial charge < -0.3 is 14.7 Å². The van der Waals surface area contributed by atoms with E-state index in [1.54, 1.807) is 20.8 Å². The zero-order valence-corrected chi connectivity index (χ0v) is 14.9. The molecule has 1 aromatic rings. The number of aliphatic hydroxyl groups excluding tert-OH is 1. The summed E-state index contributed by atoms with van der Waals surface area (Å²) in [6, 6.07) is 2.90. The lowest BCUT2D eigenvalue weighted by Crippen LogP contribution is -2.46. The number of ether oxygens (including phenoxy) is 1. The first kappa shape index (κ1) is 20.5. The van der Waals surface area contributed by atoms with Crippen molar-refractivity contribution in [3.63, 3.8) is 0 Å². The van der Waals surface area contributed by atoms with E-state index in [9.17, 15) is 27.5 Å². The van der Waals surface area contributed by atoms with Gasteiger partial charge in [0, 0.05) is 25.6 Å². The van der Waals surface area contributed by atoms with Gasteiger partial charge in [0.1, 0.15) is 11.4 Å². The average Bonchev–Trinajstić information content (AvgIpc) is 2.52. The van der Waals surface area contributed by atoms with Crippen LogP contribution in [-0.2, 0) is 10.9 Å². The second-order valence-electron chi connectivity index (χ2n) is 7.50. The fourth-order valence-electron chi connectivity index (χ4n) is 3.14. The van der Waals surface area contributed by atoms with E-state index in [4.69, 9.17) is 4.74 Å². The van der Waals surface area contributed by atoms with Crippen molar-refractivity contribution in [2.45, 2.75) is 44.9 Å². The van der Waals surface area contributed by atoms with Crippen molar-refractivity contribution in [2.75, 3.05) is 19.7 Å².